The van der Waals surface area contributed by atoms with Crippen LogP contribution in [0.1, 0.15) is 26.2 Å². The molecule has 0 radical (unpaired) electrons. The molecule has 1 saturated carbocycles. The minimum Gasteiger partial charge on any atom is -0.478 e. The first-order chi connectivity index (χ1) is 9.56. The number of benzene rings is 1. The Hall–Kier alpha value is -2.04. The van der Waals surface area contributed by atoms with E-state index in [1.807, 2.05) is 12.1 Å². The van der Waals surface area contributed by atoms with Crippen molar-refractivity contribution in [1.29, 1.82) is 0 Å². The van der Waals surface area contributed by atoms with Gasteiger partial charge in [-0.3, -0.25) is 9.59 Å². The minimum absolute atomic E-state index is 0.0518. The van der Waals surface area contributed by atoms with Gasteiger partial charge in [-0.05, 0) is 30.4 Å². The maximum Gasteiger partial charge on any atom is 0.266 e. The molecule has 1 atom stereocenters. The van der Waals surface area contributed by atoms with Gasteiger partial charge in [0.05, 0.1) is 12.1 Å². The smallest absolute Gasteiger partial charge is 0.266 e. The Bertz CT molecular complexity index is 552. The van der Waals surface area contributed by atoms with Gasteiger partial charge >= 0.3 is 0 Å². The average Bonchev–Trinajstić information content (AvgIpc) is 3.16. The second kappa shape index (κ2) is 4.81. The molecule has 20 heavy (non-hydrogen) atoms. The zero-order valence-corrected chi connectivity index (χ0v) is 11.4. The summed E-state index contributed by atoms with van der Waals surface area (Å²) in [5, 5.41) is 5.63. The van der Waals surface area contributed by atoms with Crippen molar-refractivity contribution in [3.63, 3.8) is 0 Å². The third kappa shape index (κ3) is 2.76. The van der Waals surface area contributed by atoms with E-state index < -0.39 is 6.10 Å². The van der Waals surface area contributed by atoms with Gasteiger partial charge in [-0.15, -0.1) is 0 Å². The number of hydrogen-bond donors (Lipinski definition) is 2. The Morgan fingerprint density at radius 1 is 1.45 bits per heavy atom. The normalized spacial score (nSPS) is 22.2. The number of fused-ring (bicyclic) bond motifs is 1. The van der Waals surface area contributed by atoms with E-state index in [-0.39, 0.29) is 23.7 Å². The van der Waals surface area contributed by atoms with Gasteiger partial charge < -0.3 is 15.4 Å². The second-order valence-corrected chi connectivity index (χ2v) is 5.88. The molecule has 2 N–H and O–H groups in total. The van der Waals surface area contributed by atoms with E-state index in [0.717, 1.165) is 12.8 Å². The predicted molar refractivity (Wildman–Crippen MR) is 74.5 cm³/mol. The van der Waals surface area contributed by atoms with Gasteiger partial charge in [-0.1, -0.05) is 19.1 Å². The molecule has 1 aliphatic carbocycles. The van der Waals surface area contributed by atoms with Crippen molar-refractivity contribution < 1.29 is 14.3 Å². The Kier molecular flexibility index (Phi) is 3.12. The monoisotopic (exact) mass is 274 g/mol. The molecule has 1 heterocycles. The van der Waals surface area contributed by atoms with Crippen LogP contribution >= 0.6 is 0 Å². The van der Waals surface area contributed by atoms with Gasteiger partial charge in [0, 0.05) is 6.54 Å². The summed E-state index contributed by atoms with van der Waals surface area (Å²) in [7, 11) is 0. The molecule has 1 aliphatic heterocycles. The Morgan fingerprint density at radius 2 is 2.20 bits per heavy atom. The molecule has 5 nitrogen and oxygen atoms in total. The molecule has 0 aromatic heterocycles. The zero-order chi connectivity index (χ0) is 14.2. The number of amides is 2. The van der Waals surface area contributed by atoms with E-state index >= 15 is 0 Å². The van der Waals surface area contributed by atoms with Gasteiger partial charge in [0.1, 0.15) is 5.75 Å². The third-order valence-corrected chi connectivity index (χ3v) is 3.89. The molecule has 0 bridgehead atoms. The van der Waals surface area contributed by atoms with Crippen LogP contribution < -0.4 is 15.4 Å². The summed E-state index contributed by atoms with van der Waals surface area (Å²) in [6, 6.07) is 7.22. The standard InChI is InChI=1S/C15H18N2O3/c1-15(6-7-15)9-16-13(18)8-12-14(19)17-10-4-2-3-5-11(10)20-12/h2-5,12H,6-9H2,1H3,(H,16,18)(H,17,19)/t12-/m1/s1. The van der Waals surface area contributed by atoms with Crippen LogP contribution in [0.2, 0.25) is 0 Å². The van der Waals surface area contributed by atoms with E-state index in [0.29, 0.717) is 18.0 Å². The summed E-state index contributed by atoms with van der Waals surface area (Å²) in [5.41, 5.74) is 0.914. The van der Waals surface area contributed by atoms with Gasteiger partial charge in [0.25, 0.3) is 5.91 Å². The number of ether oxygens (including phenoxy) is 1. The SMILES string of the molecule is CC1(CNC(=O)C[C@H]2Oc3ccccc3NC2=O)CC1. The quantitative estimate of drug-likeness (QED) is 0.878. The number of hydrogen-bond acceptors (Lipinski definition) is 3. The van der Waals surface area contributed by atoms with Crippen LogP contribution in [-0.2, 0) is 9.59 Å². The fraction of sp³-hybridized carbons (Fsp3) is 0.467. The van der Waals surface area contributed by atoms with Gasteiger partial charge in [-0.2, -0.15) is 0 Å². The summed E-state index contributed by atoms with van der Waals surface area (Å²) >= 11 is 0. The van der Waals surface area contributed by atoms with Crippen molar-refractivity contribution in [2.75, 3.05) is 11.9 Å². The zero-order valence-electron chi connectivity index (χ0n) is 11.4. The summed E-state index contributed by atoms with van der Waals surface area (Å²) in [5.74, 6) is 0.202. The van der Waals surface area contributed by atoms with E-state index in [4.69, 9.17) is 4.74 Å². The first-order valence-electron chi connectivity index (χ1n) is 6.89. The minimum atomic E-state index is -0.753. The number of anilines is 1. The molecule has 1 fully saturated rings. The first-order valence-corrected chi connectivity index (χ1v) is 6.89. The highest BCUT2D eigenvalue weighted by Crippen LogP contribution is 2.44. The van der Waals surface area contributed by atoms with Crippen LogP contribution in [0.15, 0.2) is 24.3 Å². The fourth-order valence-electron chi connectivity index (χ4n) is 2.17. The summed E-state index contributed by atoms with van der Waals surface area (Å²) in [4.78, 5) is 23.8. The summed E-state index contributed by atoms with van der Waals surface area (Å²) in [6.45, 7) is 2.82. The topological polar surface area (TPSA) is 67.4 Å². The molecule has 1 aromatic rings. The molecule has 106 valence electrons. The van der Waals surface area contributed by atoms with Gasteiger partial charge in [-0.25, -0.2) is 0 Å². The van der Waals surface area contributed by atoms with E-state index in [1.165, 1.54) is 0 Å². The van der Waals surface area contributed by atoms with Crippen LogP contribution in [0.4, 0.5) is 5.69 Å². The number of nitrogens with one attached hydrogen (secondary N) is 2. The summed E-state index contributed by atoms with van der Waals surface area (Å²) in [6.07, 6.45) is 1.61. The molecule has 5 heteroatoms. The van der Waals surface area contributed by atoms with Gasteiger partial charge in [0.15, 0.2) is 6.10 Å². The van der Waals surface area contributed by atoms with Crippen molar-refractivity contribution in [2.24, 2.45) is 5.41 Å². The molecule has 0 unspecified atom stereocenters. The Balaban J connectivity index is 1.57. The van der Waals surface area contributed by atoms with Crippen molar-refractivity contribution >= 4 is 17.5 Å². The molecule has 1 aromatic carbocycles. The fourth-order valence-corrected chi connectivity index (χ4v) is 2.17. The average molecular weight is 274 g/mol. The van der Waals surface area contributed by atoms with Crippen LogP contribution in [0.5, 0.6) is 5.75 Å². The molecular weight excluding hydrogens is 256 g/mol. The largest absolute Gasteiger partial charge is 0.478 e. The summed E-state index contributed by atoms with van der Waals surface area (Å²) < 4.78 is 5.59. The number of para-hydroxylation sites is 2. The van der Waals surface area contributed by atoms with E-state index in [1.54, 1.807) is 12.1 Å². The lowest BCUT2D eigenvalue weighted by Crippen LogP contribution is -2.41. The molecule has 3 rings (SSSR count). The second-order valence-electron chi connectivity index (χ2n) is 5.88. The van der Waals surface area contributed by atoms with Crippen molar-refractivity contribution in [3.8, 4) is 5.75 Å². The lowest BCUT2D eigenvalue weighted by molar-refractivity contribution is -0.130. The molecule has 2 amide bonds. The van der Waals surface area contributed by atoms with E-state index in [9.17, 15) is 9.59 Å². The Morgan fingerprint density at radius 3 is 2.95 bits per heavy atom. The van der Waals surface area contributed by atoms with Crippen molar-refractivity contribution in [2.45, 2.75) is 32.3 Å². The number of carbonyl (C=O) groups excluding carboxylic acids is 2. The van der Waals surface area contributed by atoms with Crippen LogP contribution in [0.3, 0.4) is 0 Å². The van der Waals surface area contributed by atoms with Crippen LogP contribution in [0, 0.1) is 5.41 Å². The van der Waals surface area contributed by atoms with E-state index in [2.05, 4.69) is 17.6 Å². The number of carbonyl (C=O) groups is 2. The highest BCUT2D eigenvalue weighted by molar-refractivity contribution is 5.99. The lowest BCUT2D eigenvalue weighted by Gasteiger charge is -2.25. The predicted octanol–water partition coefficient (Wildman–Crippen LogP) is 1.69. The highest BCUT2D eigenvalue weighted by atomic mass is 16.5. The number of rotatable bonds is 4. The molecular formula is C15H18N2O3. The molecule has 2 aliphatic rings. The van der Waals surface area contributed by atoms with Crippen molar-refractivity contribution in [3.05, 3.63) is 24.3 Å². The molecule has 0 saturated heterocycles. The van der Waals surface area contributed by atoms with Crippen LogP contribution in [-0.4, -0.2) is 24.5 Å². The van der Waals surface area contributed by atoms with Gasteiger partial charge in [0.2, 0.25) is 5.91 Å². The maximum absolute atomic E-state index is 11.9. The Labute approximate surface area is 117 Å². The maximum atomic E-state index is 11.9. The van der Waals surface area contributed by atoms with Crippen molar-refractivity contribution in [1.82, 2.24) is 5.32 Å². The lowest BCUT2D eigenvalue weighted by atomic mass is 10.1. The molecule has 0 spiro atoms. The highest BCUT2D eigenvalue weighted by Gasteiger charge is 2.37. The third-order valence-electron chi connectivity index (χ3n) is 3.89. The van der Waals surface area contributed by atoms with Crippen LogP contribution in [0.25, 0.3) is 0 Å². The first kappa shape index (κ1) is 13.0.